The third-order valence-electron chi connectivity index (χ3n) is 6.71. The molecule has 39 heavy (non-hydrogen) atoms. The lowest BCUT2D eigenvalue weighted by Crippen LogP contribution is -2.44. The van der Waals surface area contributed by atoms with Crippen LogP contribution in [0.4, 0.5) is 8.78 Å². The van der Waals surface area contributed by atoms with E-state index < -0.39 is 47.3 Å². The number of halogens is 2. The highest BCUT2D eigenvalue weighted by Crippen LogP contribution is 2.45. The van der Waals surface area contributed by atoms with E-state index in [9.17, 15) is 18.8 Å². The van der Waals surface area contributed by atoms with Crippen molar-refractivity contribution in [2.24, 2.45) is 0 Å². The minimum absolute atomic E-state index is 0.374. The maximum Gasteiger partial charge on any atom is 0.330 e. The number of alkyl halides is 1. The normalized spacial score (nSPS) is 21.0. The minimum atomic E-state index is -2.10. The average Bonchev–Trinajstić information content (AvgIpc) is 3.29. The summed E-state index contributed by atoms with van der Waals surface area (Å²) in [6.07, 6.45) is -5.90. The summed E-state index contributed by atoms with van der Waals surface area (Å²) in [7, 11) is 1.53. The van der Waals surface area contributed by atoms with Crippen molar-refractivity contribution in [3.05, 3.63) is 134 Å². The molecule has 5 rings (SSSR count). The second kappa shape index (κ2) is 10.8. The Bertz CT molecular complexity index is 1520. The fourth-order valence-corrected chi connectivity index (χ4v) is 4.85. The SMILES string of the molecule is COc1ccc(C(OC2C(C=O)OC(n3cc(F)c(=O)[nH]c3=O)C2F)(c2ccccc2)c2ccccc2)cc1. The highest BCUT2D eigenvalue weighted by Gasteiger charge is 2.52. The van der Waals surface area contributed by atoms with Gasteiger partial charge in [-0.3, -0.25) is 14.3 Å². The number of ether oxygens (including phenoxy) is 3. The van der Waals surface area contributed by atoms with Crippen molar-refractivity contribution in [2.75, 3.05) is 7.11 Å². The molecule has 3 aromatic carbocycles. The maximum absolute atomic E-state index is 16.2. The van der Waals surface area contributed by atoms with Gasteiger partial charge >= 0.3 is 5.69 Å². The summed E-state index contributed by atoms with van der Waals surface area (Å²) < 4.78 is 48.3. The van der Waals surface area contributed by atoms with Gasteiger partial charge in [-0.15, -0.1) is 0 Å². The first-order chi connectivity index (χ1) is 18.9. The van der Waals surface area contributed by atoms with Gasteiger partial charge in [0, 0.05) is 0 Å². The molecule has 0 aliphatic carbocycles. The van der Waals surface area contributed by atoms with Crippen LogP contribution >= 0.6 is 0 Å². The number of rotatable bonds is 8. The zero-order valence-electron chi connectivity index (χ0n) is 20.7. The highest BCUT2D eigenvalue weighted by atomic mass is 19.1. The van der Waals surface area contributed by atoms with Crippen molar-refractivity contribution in [3.63, 3.8) is 0 Å². The summed E-state index contributed by atoms with van der Waals surface area (Å²) >= 11 is 0. The lowest BCUT2D eigenvalue weighted by molar-refractivity contribution is -0.131. The van der Waals surface area contributed by atoms with Crippen LogP contribution in [0.2, 0.25) is 0 Å². The van der Waals surface area contributed by atoms with E-state index in [0.717, 1.165) is 0 Å². The third-order valence-corrected chi connectivity index (χ3v) is 6.71. The molecule has 2 heterocycles. The molecule has 0 saturated carbocycles. The van der Waals surface area contributed by atoms with Crippen LogP contribution in [0.15, 0.2) is 101 Å². The summed E-state index contributed by atoms with van der Waals surface area (Å²) in [5, 5.41) is 0. The molecule has 4 atom stereocenters. The molecule has 0 amide bonds. The van der Waals surface area contributed by atoms with Gasteiger partial charge in [-0.05, 0) is 28.8 Å². The van der Waals surface area contributed by atoms with E-state index >= 15 is 4.39 Å². The van der Waals surface area contributed by atoms with Crippen LogP contribution in [0.3, 0.4) is 0 Å². The number of aldehydes is 1. The number of aromatic nitrogens is 2. The Morgan fingerprint density at radius 1 is 0.923 bits per heavy atom. The number of nitrogens with zero attached hydrogens (tertiary/aromatic N) is 1. The number of hydrogen-bond donors (Lipinski definition) is 1. The summed E-state index contributed by atoms with van der Waals surface area (Å²) in [6.45, 7) is 0. The van der Waals surface area contributed by atoms with Gasteiger partial charge in [0.05, 0.1) is 13.3 Å². The molecule has 1 saturated heterocycles. The molecular formula is C29H24F2N2O6. The molecule has 1 aliphatic rings. The topological polar surface area (TPSA) is 99.6 Å². The van der Waals surface area contributed by atoms with Gasteiger partial charge in [-0.25, -0.2) is 9.18 Å². The van der Waals surface area contributed by atoms with E-state index in [-0.39, 0.29) is 0 Å². The fourth-order valence-electron chi connectivity index (χ4n) is 4.85. The number of methoxy groups -OCH3 is 1. The van der Waals surface area contributed by atoms with Gasteiger partial charge in [0.1, 0.15) is 23.6 Å². The molecule has 200 valence electrons. The van der Waals surface area contributed by atoms with E-state index in [0.29, 0.717) is 39.5 Å². The first kappa shape index (κ1) is 26.2. The number of aromatic amines is 1. The van der Waals surface area contributed by atoms with Crippen molar-refractivity contribution < 1.29 is 27.8 Å². The van der Waals surface area contributed by atoms with Crippen molar-refractivity contribution in [2.45, 2.75) is 30.2 Å². The van der Waals surface area contributed by atoms with E-state index in [4.69, 9.17) is 14.2 Å². The highest BCUT2D eigenvalue weighted by molar-refractivity contribution is 5.58. The standard InChI is InChI=1S/C29H24F2N2O6/c1-37-21-14-12-20(13-15-21)29(18-8-4-2-5-9-18,19-10-6-3-7-11-19)39-25-23(17-34)38-27(24(25)31)33-16-22(30)26(35)32-28(33)36/h2-17,23-25,27H,1H3,(H,32,35,36). The van der Waals surface area contributed by atoms with Crippen molar-refractivity contribution >= 4 is 6.29 Å². The Hall–Kier alpha value is -4.41. The van der Waals surface area contributed by atoms with Crippen LogP contribution in [0.25, 0.3) is 0 Å². The molecule has 8 nitrogen and oxygen atoms in total. The van der Waals surface area contributed by atoms with Gasteiger partial charge < -0.3 is 19.0 Å². The Balaban J connectivity index is 1.68. The molecule has 0 spiro atoms. The largest absolute Gasteiger partial charge is 0.497 e. The number of benzene rings is 3. The Labute approximate surface area is 221 Å². The molecule has 10 heteroatoms. The Kier molecular flexibility index (Phi) is 7.23. The quantitative estimate of drug-likeness (QED) is 0.275. The number of H-pyrrole nitrogens is 1. The molecule has 0 radical (unpaired) electrons. The van der Waals surface area contributed by atoms with Crippen LogP contribution in [-0.4, -0.2) is 41.3 Å². The van der Waals surface area contributed by atoms with Crippen LogP contribution in [0.5, 0.6) is 5.75 Å². The molecular weight excluding hydrogens is 510 g/mol. The molecule has 1 aliphatic heterocycles. The van der Waals surface area contributed by atoms with Crippen molar-refractivity contribution in [3.8, 4) is 5.75 Å². The molecule has 4 aromatic rings. The smallest absolute Gasteiger partial charge is 0.330 e. The van der Waals surface area contributed by atoms with Crippen molar-refractivity contribution in [1.82, 2.24) is 9.55 Å². The van der Waals surface area contributed by atoms with Gasteiger partial charge in [0.25, 0.3) is 5.56 Å². The van der Waals surface area contributed by atoms with E-state index in [1.807, 2.05) is 36.4 Å². The van der Waals surface area contributed by atoms with Crippen molar-refractivity contribution in [1.29, 1.82) is 0 Å². The molecule has 4 unspecified atom stereocenters. The second-order valence-corrected chi connectivity index (χ2v) is 8.94. The maximum atomic E-state index is 16.2. The molecule has 1 aromatic heterocycles. The molecule has 0 bridgehead atoms. The summed E-state index contributed by atoms with van der Waals surface area (Å²) in [4.78, 5) is 37.8. The van der Waals surface area contributed by atoms with Gasteiger partial charge in [-0.1, -0.05) is 72.8 Å². The van der Waals surface area contributed by atoms with Gasteiger partial charge in [-0.2, -0.15) is 4.39 Å². The first-order valence-corrected chi connectivity index (χ1v) is 12.1. The monoisotopic (exact) mass is 534 g/mol. The summed E-state index contributed by atoms with van der Waals surface area (Å²) in [6, 6.07) is 25.2. The number of carbonyl (C=O) groups excluding carboxylic acids is 1. The van der Waals surface area contributed by atoms with Gasteiger partial charge in [0.2, 0.25) is 5.82 Å². The van der Waals surface area contributed by atoms with Crippen LogP contribution < -0.4 is 16.0 Å². The minimum Gasteiger partial charge on any atom is -0.497 e. The predicted octanol–water partition coefficient (Wildman–Crippen LogP) is 3.50. The fraction of sp³-hybridized carbons (Fsp3) is 0.207. The second-order valence-electron chi connectivity index (χ2n) is 8.94. The Morgan fingerprint density at radius 2 is 1.49 bits per heavy atom. The number of nitrogens with one attached hydrogen (secondary N) is 1. The predicted molar refractivity (Wildman–Crippen MR) is 137 cm³/mol. The average molecular weight is 535 g/mol. The molecule has 1 N–H and O–H groups in total. The van der Waals surface area contributed by atoms with Crippen LogP contribution in [0.1, 0.15) is 22.9 Å². The van der Waals surface area contributed by atoms with Crippen LogP contribution in [0, 0.1) is 5.82 Å². The van der Waals surface area contributed by atoms with E-state index in [1.54, 1.807) is 53.5 Å². The van der Waals surface area contributed by atoms with Gasteiger partial charge in [0.15, 0.2) is 18.7 Å². The summed E-state index contributed by atoms with van der Waals surface area (Å²) in [5.74, 6) is -0.717. The zero-order chi connectivity index (χ0) is 27.6. The van der Waals surface area contributed by atoms with E-state index in [2.05, 4.69) is 0 Å². The van der Waals surface area contributed by atoms with E-state index in [1.165, 1.54) is 7.11 Å². The molecule has 1 fully saturated rings. The Morgan fingerprint density at radius 3 is 2.03 bits per heavy atom. The lowest BCUT2D eigenvalue weighted by Gasteiger charge is -2.39. The summed E-state index contributed by atoms with van der Waals surface area (Å²) in [5.41, 5.74) is -1.91. The zero-order valence-corrected chi connectivity index (χ0v) is 20.7. The van der Waals surface area contributed by atoms with Crippen LogP contribution in [-0.2, 0) is 19.9 Å². The number of hydrogen-bond acceptors (Lipinski definition) is 6. The first-order valence-electron chi connectivity index (χ1n) is 12.1. The number of carbonyl (C=O) groups is 1. The third kappa shape index (κ3) is 4.68. The lowest BCUT2D eigenvalue weighted by atomic mass is 9.79.